The second kappa shape index (κ2) is 33.1. The Morgan fingerprint density at radius 2 is 0.711 bits per heavy atom. The van der Waals surface area contributed by atoms with E-state index in [1.807, 2.05) is 0 Å². The van der Waals surface area contributed by atoms with Crippen LogP contribution in [0.25, 0.3) is 0 Å². The summed E-state index contributed by atoms with van der Waals surface area (Å²) in [6.45, 7) is 9.41. The maximum Gasteiger partial charge on any atom is 0.257 e. The fraction of sp³-hybridized carbons (Fsp3) is 0.930. The van der Waals surface area contributed by atoms with Crippen LogP contribution in [0, 0.1) is 0 Å². The molecule has 0 spiro atoms. The van der Waals surface area contributed by atoms with Crippen molar-refractivity contribution >= 4 is 0 Å². The van der Waals surface area contributed by atoms with Crippen LogP contribution < -0.4 is 4.57 Å². The molecule has 2 nitrogen and oxygen atoms in total. The van der Waals surface area contributed by atoms with Crippen molar-refractivity contribution in [2.24, 2.45) is 0 Å². The summed E-state index contributed by atoms with van der Waals surface area (Å²) in [6.07, 6.45) is 53.2. The molecule has 1 aromatic heterocycles. The number of imidazole rings is 1. The Morgan fingerprint density at radius 1 is 0.422 bits per heavy atom. The number of hydrogen-bond donors (Lipinski definition) is 1. The summed E-state index contributed by atoms with van der Waals surface area (Å²) in [4.78, 5) is 3.75. The van der Waals surface area contributed by atoms with Crippen LogP contribution in [0.15, 0.2) is 12.4 Å². The quantitative estimate of drug-likeness (QED) is 0.0563. The van der Waals surface area contributed by atoms with Gasteiger partial charge >= 0.3 is 0 Å². The van der Waals surface area contributed by atoms with Gasteiger partial charge in [0.05, 0.1) is 12.0 Å². The number of rotatable bonds is 36. The Hall–Kier alpha value is -0.790. The summed E-state index contributed by atoms with van der Waals surface area (Å²) in [6, 6.07) is 0.619. The molecular weight excluding hydrogens is 544 g/mol. The van der Waals surface area contributed by atoms with Crippen LogP contribution in [0.1, 0.15) is 264 Å². The number of H-pyrrole nitrogens is 1. The number of nitrogens with one attached hydrogen (secondary N) is 1. The molecule has 1 N–H and O–H groups in total. The van der Waals surface area contributed by atoms with Crippen LogP contribution in [0.3, 0.4) is 0 Å². The largest absolute Gasteiger partial charge is 0.257 e. The van der Waals surface area contributed by atoms with E-state index in [9.17, 15) is 0 Å². The van der Waals surface area contributed by atoms with E-state index in [1.54, 1.807) is 0 Å². The van der Waals surface area contributed by atoms with Gasteiger partial charge in [0, 0.05) is 0 Å². The minimum atomic E-state index is 0.619. The first kappa shape index (κ1) is 42.2. The van der Waals surface area contributed by atoms with E-state index in [4.69, 9.17) is 0 Å². The minimum Gasteiger partial charge on any atom is -0.247 e. The van der Waals surface area contributed by atoms with Crippen molar-refractivity contribution in [1.82, 2.24) is 4.98 Å². The smallest absolute Gasteiger partial charge is 0.247 e. The third kappa shape index (κ3) is 25.0. The van der Waals surface area contributed by atoms with Crippen molar-refractivity contribution < 1.29 is 4.57 Å². The lowest BCUT2D eigenvalue weighted by molar-refractivity contribution is -0.727. The standard InChI is InChI=1S/C43H84N2/c1-5-8-11-14-16-18-20-21-22-23-25-27-29-32-35-38-42(37-34-31-28-26-24-19-17-15-12-9-6-2)43-44-39-40-45(43)41(4)36-33-30-13-10-7-3/h39-42H,5-38H2,1-4H3/p+1. The van der Waals surface area contributed by atoms with Crippen LogP contribution in [0.2, 0.25) is 0 Å². The molecule has 45 heavy (non-hydrogen) atoms. The topological polar surface area (TPSA) is 19.7 Å². The van der Waals surface area contributed by atoms with Gasteiger partial charge in [0.2, 0.25) is 0 Å². The van der Waals surface area contributed by atoms with Crippen molar-refractivity contribution in [1.29, 1.82) is 0 Å². The van der Waals surface area contributed by atoms with Gasteiger partial charge in [-0.3, -0.25) is 0 Å². The predicted molar refractivity (Wildman–Crippen MR) is 202 cm³/mol. The lowest BCUT2D eigenvalue weighted by Gasteiger charge is -2.17. The maximum absolute atomic E-state index is 3.75. The zero-order valence-corrected chi connectivity index (χ0v) is 31.8. The fourth-order valence-electron chi connectivity index (χ4n) is 7.49. The van der Waals surface area contributed by atoms with E-state index in [2.05, 4.69) is 49.6 Å². The van der Waals surface area contributed by atoms with E-state index >= 15 is 0 Å². The molecule has 266 valence electrons. The van der Waals surface area contributed by atoms with Crippen LogP contribution in [-0.2, 0) is 0 Å². The first-order valence-corrected chi connectivity index (χ1v) is 21.3. The number of aromatic nitrogens is 2. The lowest BCUT2D eigenvalue weighted by atomic mass is 9.92. The van der Waals surface area contributed by atoms with E-state index in [-0.39, 0.29) is 0 Å². The SMILES string of the molecule is CCCCCCCCCCCCCCCCCC(CCCCCCCCCCCCC)c1[nH]cc[n+]1C(C)CCCCCCC. The van der Waals surface area contributed by atoms with Gasteiger partial charge in [-0.05, 0) is 32.6 Å². The molecule has 0 radical (unpaired) electrons. The molecule has 2 heteroatoms. The average Bonchev–Trinajstić information content (AvgIpc) is 3.54. The Morgan fingerprint density at radius 3 is 1.04 bits per heavy atom. The zero-order valence-electron chi connectivity index (χ0n) is 31.8. The molecule has 1 heterocycles. The molecule has 0 amide bonds. The van der Waals surface area contributed by atoms with Gasteiger partial charge in [-0.15, -0.1) is 0 Å². The number of unbranched alkanes of at least 4 members (excludes halogenated alkanes) is 28. The second-order valence-electron chi connectivity index (χ2n) is 15.1. The van der Waals surface area contributed by atoms with E-state index in [0.717, 1.165) is 0 Å². The highest BCUT2D eigenvalue weighted by atomic mass is 15.1. The third-order valence-electron chi connectivity index (χ3n) is 10.6. The molecule has 0 aliphatic carbocycles. The summed E-state index contributed by atoms with van der Waals surface area (Å²) < 4.78 is 2.63. The van der Waals surface area contributed by atoms with E-state index < -0.39 is 0 Å². The monoisotopic (exact) mass is 630 g/mol. The molecule has 1 aromatic rings. The molecule has 0 saturated heterocycles. The van der Waals surface area contributed by atoms with Gasteiger partial charge in [0.25, 0.3) is 5.82 Å². The van der Waals surface area contributed by atoms with Crippen molar-refractivity contribution in [3.05, 3.63) is 18.2 Å². The van der Waals surface area contributed by atoms with Crippen LogP contribution in [0.4, 0.5) is 0 Å². The summed E-state index contributed by atoms with van der Waals surface area (Å²) in [5.74, 6) is 2.25. The zero-order chi connectivity index (χ0) is 32.5. The Kier molecular flexibility index (Phi) is 31.1. The molecule has 0 fully saturated rings. The second-order valence-corrected chi connectivity index (χ2v) is 15.1. The van der Waals surface area contributed by atoms with E-state index in [0.29, 0.717) is 12.0 Å². The van der Waals surface area contributed by atoms with Gasteiger partial charge in [-0.25, -0.2) is 9.55 Å². The minimum absolute atomic E-state index is 0.619. The van der Waals surface area contributed by atoms with Crippen LogP contribution in [0.5, 0.6) is 0 Å². The molecular formula is C43H85N2+. The van der Waals surface area contributed by atoms with Crippen molar-refractivity contribution in [2.75, 3.05) is 0 Å². The fourth-order valence-corrected chi connectivity index (χ4v) is 7.49. The number of nitrogens with zero attached hydrogens (tertiary/aromatic N) is 1. The number of hydrogen-bond acceptors (Lipinski definition) is 0. The van der Waals surface area contributed by atoms with Gasteiger partial charge in [0.1, 0.15) is 12.4 Å². The highest BCUT2D eigenvalue weighted by Gasteiger charge is 2.25. The third-order valence-corrected chi connectivity index (χ3v) is 10.6. The van der Waals surface area contributed by atoms with Crippen LogP contribution in [-0.4, -0.2) is 4.98 Å². The van der Waals surface area contributed by atoms with Gasteiger partial charge in [-0.1, -0.05) is 213 Å². The molecule has 2 unspecified atom stereocenters. The van der Waals surface area contributed by atoms with Crippen molar-refractivity contribution in [3.8, 4) is 0 Å². The summed E-state index contributed by atoms with van der Waals surface area (Å²) in [5.41, 5.74) is 0. The summed E-state index contributed by atoms with van der Waals surface area (Å²) >= 11 is 0. The molecule has 0 saturated carbocycles. The van der Waals surface area contributed by atoms with E-state index in [1.165, 1.54) is 224 Å². The number of aromatic amines is 1. The summed E-state index contributed by atoms with van der Waals surface area (Å²) in [5, 5.41) is 0. The van der Waals surface area contributed by atoms with Gasteiger partial charge in [0.15, 0.2) is 0 Å². The lowest BCUT2D eigenvalue weighted by Crippen LogP contribution is -2.41. The normalized spacial score (nSPS) is 13.1. The Labute approximate surface area is 285 Å². The summed E-state index contributed by atoms with van der Waals surface area (Å²) in [7, 11) is 0. The Bertz CT molecular complexity index is 694. The molecule has 2 atom stereocenters. The first-order valence-electron chi connectivity index (χ1n) is 21.3. The molecule has 1 rings (SSSR count). The first-order chi connectivity index (χ1) is 22.2. The molecule has 0 aliphatic rings. The Balaban J connectivity index is 2.34. The molecule has 0 bridgehead atoms. The highest BCUT2D eigenvalue weighted by molar-refractivity contribution is 4.90. The van der Waals surface area contributed by atoms with Crippen molar-refractivity contribution in [3.63, 3.8) is 0 Å². The van der Waals surface area contributed by atoms with Crippen molar-refractivity contribution in [2.45, 2.75) is 258 Å². The maximum atomic E-state index is 3.75. The molecule has 0 aromatic carbocycles. The van der Waals surface area contributed by atoms with Gasteiger partial charge in [-0.2, -0.15) is 0 Å². The molecule has 0 aliphatic heterocycles. The highest BCUT2D eigenvalue weighted by Crippen LogP contribution is 2.27. The van der Waals surface area contributed by atoms with Crippen LogP contribution >= 0.6 is 0 Å². The predicted octanol–water partition coefficient (Wildman–Crippen LogP) is 15.3. The average molecular weight is 630 g/mol. The van der Waals surface area contributed by atoms with Gasteiger partial charge < -0.3 is 0 Å².